The molecule has 0 radical (unpaired) electrons. The van der Waals surface area contributed by atoms with Crippen molar-refractivity contribution in [3.05, 3.63) is 42.0 Å². The summed E-state index contributed by atoms with van der Waals surface area (Å²) in [6, 6.07) is 5.65. The molecule has 0 aliphatic carbocycles. The molecule has 0 aliphatic heterocycles. The fourth-order valence-corrected chi connectivity index (χ4v) is 1.15. The van der Waals surface area contributed by atoms with Crippen LogP contribution in [0.1, 0.15) is 11.1 Å². The van der Waals surface area contributed by atoms with Crippen molar-refractivity contribution < 1.29 is 9.94 Å². The van der Waals surface area contributed by atoms with Gasteiger partial charge in [-0.2, -0.15) is 0 Å². The van der Waals surface area contributed by atoms with Gasteiger partial charge >= 0.3 is 0 Å². The molecule has 1 N–H and O–H groups in total. The molecule has 1 rings (SSSR count). The van der Waals surface area contributed by atoms with Gasteiger partial charge in [0.1, 0.15) is 12.4 Å². The molecule has 1 aromatic rings. The predicted octanol–water partition coefficient (Wildman–Crippen LogP) is 2.37. The van der Waals surface area contributed by atoms with Gasteiger partial charge in [0.05, 0.1) is 6.21 Å². The molecule has 3 heteroatoms. The van der Waals surface area contributed by atoms with E-state index >= 15 is 0 Å². The SMILES string of the molecule is C=CCOc1cccc(C)c1/C=N/O. The summed E-state index contributed by atoms with van der Waals surface area (Å²) < 4.78 is 5.40. The summed E-state index contributed by atoms with van der Waals surface area (Å²) in [6.07, 6.45) is 3.04. The van der Waals surface area contributed by atoms with Gasteiger partial charge in [-0.25, -0.2) is 0 Å². The van der Waals surface area contributed by atoms with Crippen LogP contribution in [0.15, 0.2) is 36.0 Å². The lowest BCUT2D eigenvalue weighted by atomic mass is 10.1. The van der Waals surface area contributed by atoms with Crippen LogP contribution in [0.2, 0.25) is 0 Å². The summed E-state index contributed by atoms with van der Waals surface area (Å²) in [5, 5.41) is 11.5. The predicted molar refractivity (Wildman–Crippen MR) is 56.3 cm³/mol. The van der Waals surface area contributed by atoms with Crippen LogP contribution in [0.3, 0.4) is 0 Å². The quantitative estimate of drug-likeness (QED) is 0.343. The smallest absolute Gasteiger partial charge is 0.128 e. The zero-order valence-electron chi connectivity index (χ0n) is 8.10. The standard InChI is InChI=1S/C11H13NO2/c1-3-7-14-11-6-4-5-9(2)10(11)8-12-13/h3-6,8,13H,1,7H2,2H3/b12-8+. The van der Waals surface area contributed by atoms with E-state index in [4.69, 9.17) is 9.94 Å². The van der Waals surface area contributed by atoms with E-state index in [0.717, 1.165) is 11.1 Å². The Morgan fingerprint density at radius 3 is 3.00 bits per heavy atom. The van der Waals surface area contributed by atoms with Crippen LogP contribution in [-0.4, -0.2) is 18.0 Å². The van der Waals surface area contributed by atoms with Gasteiger partial charge in [0.2, 0.25) is 0 Å². The van der Waals surface area contributed by atoms with Gasteiger partial charge in [-0.05, 0) is 18.6 Å². The summed E-state index contributed by atoms with van der Waals surface area (Å²) in [6.45, 7) is 5.93. The molecule has 0 heterocycles. The molecular weight excluding hydrogens is 178 g/mol. The molecule has 0 amide bonds. The number of hydrogen-bond acceptors (Lipinski definition) is 3. The second-order valence-electron chi connectivity index (χ2n) is 2.83. The van der Waals surface area contributed by atoms with E-state index in [1.54, 1.807) is 6.08 Å². The summed E-state index contributed by atoms with van der Waals surface area (Å²) in [7, 11) is 0. The van der Waals surface area contributed by atoms with E-state index in [9.17, 15) is 0 Å². The molecule has 0 bridgehead atoms. The van der Waals surface area contributed by atoms with Crippen molar-refractivity contribution in [3.63, 3.8) is 0 Å². The van der Waals surface area contributed by atoms with E-state index in [1.807, 2.05) is 25.1 Å². The van der Waals surface area contributed by atoms with Gasteiger partial charge in [0.15, 0.2) is 0 Å². The fourth-order valence-electron chi connectivity index (χ4n) is 1.15. The Morgan fingerprint density at radius 2 is 2.36 bits per heavy atom. The highest BCUT2D eigenvalue weighted by Crippen LogP contribution is 2.19. The van der Waals surface area contributed by atoms with E-state index in [-0.39, 0.29) is 0 Å². The number of nitrogens with zero attached hydrogens (tertiary/aromatic N) is 1. The summed E-state index contributed by atoms with van der Waals surface area (Å²) in [5.74, 6) is 0.697. The fraction of sp³-hybridized carbons (Fsp3) is 0.182. The Morgan fingerprint density at radius 1 is 1.57 bits per heavy atom. The third-order valence-corrected chi connectivity index (χ3v) is 1.83. The first-order valence-electron chi connectivity index (χ1n) is 4.30. The molecule has 0 aliphatic rings. The Labute approximate surface area is 83.3 Å². The number of benzene rings is 1. The maximum Gasteiger partial charge on any atom is 0.128 e. The summed E-state index contributed by atoms with van der Waals surface area (Å²) in [4.78, 5) is 0. The normalized spacial score (nSPS) is 10.4. The minimum absolute atomic E-state index is 0.440. The first-order chi connectivity index (χ1) is 6.79. The lowest BCUT2D eigenvalue weighted by Crippen LogP contribution is -1.98. The van der Waals surface area contributed by atoms with E-state index in [0.29, 0.717) is 12.4 Å². The number of hydrogen-bond donors (Lipinski definition) is 1. The van der Waals surface area contributed by atoms with Crippen LogP contribution in [0.5, 0.6) is 5.75 Å². The molecule has 74 valence electrons. The first-order valence-corrected chi connectivity index (χ1v) is 4.30. The Hall–Kier alpha value is -1.77. The van der Waals surface area contributed by atoms with Crippen molar-refractivity contribution in [2.45, 2.75) is 6.92 Å². The van der Waals surface area contributed by atoms with E-state index < -0.39 is 0 Å². The van der Waals surface area contributed by atoms with E-state index in [2.05, 4.69) is 11.7 Å². The molecular formula is C11H13NO2. The van der Waals surface area contributed by atoms with Crippen LogP contribution in [0.25, 0.3) is 0 Å². The third kappa shape index (κ3) is 2.36. The summed E-state index contributed by atoms with van der Waals surface area (Å²) in [5.41, 5.74) is 1.79. The lowest BCUT2D eigenvalue weighted by molar-refractivity contribution is 0.321. The van der Waals surface area contributed by atoms with Crippen molar-refractivity contribution in [1.82, 2.24) is 0 Å². The molecule has 1 aromatic carbocycles. The number of ether oxygens (including phenoxy) is 1. The zero-order chi connectivity index (χ0) is 10.4. The molecule has 0 unspecified atom stereocenters. The molecule has 0 aromatic heterocycles. The Kier molecular flexibility index (Phi) is 3.73. The largest absolute Gasteiger partial charge is 0.489 e. The van der Waals surface area contributed by atoms with Crippen LogP contribution < -0.4 is 4.74 Å². The van der Waals surface area contributed by atoms with Gasteiger partial charge in [-0.3, -0.25) is 0 Å². The van der Waals surface area contributed by atoms with Gasteiger partial charge in [-0.1, -0.05) is 29.9 Å². The number of aryl methyl sites for hydroxylation is 1. The average Bonchev–Trinajstić information content (AvgIpc) is 2.19. The van der Waals surface area contributed by atoms with Gasteiger partial charge < -0.3 is 9.94 Å². The zero-order valence-corrected chi connectivity index (χ0v) is 8.10. The molecule has 0 saturated heterocycles. The molecule has 0 atom stereocenters. The van der Waals surface area contributed by atoms with Gasteiger partial charge in [0, 0.05) is 5.56 Å². The molecule has 0 fully saturated rings. The van der Waals surface area contributed by atoms with Gasteiger partial charge in [-0.15, -0.1) is 0 Å². The second kappa shape index (κ2) is 5.07. The lowest BCUT2D eigenvalue weighted by Gasteiger charge is -2.08. The Balaban J connectivity index is 3.01. The number of oxime groups is 1. The third-order valence-electron chi connectivity index (χ3n) is 1.83. The maximum atomic E-state index is 8.49. The molecule has 14 heavy (non-hydrogen) atoms. The number of rotatable bonds is 4. The molecule has 0 spiro atoms. The van der Waals surface area contributed by atoms with Crippen LogP contribution >= 0.6 is 0 Å². The van der Waals surface area contributed by atoms with Crippen molar-refractivity contribution in [1.29, 1.82) is 0 Å². The minimum atomic E-state index is 0.440. The highest BCUT2D eigenvalue weighted by molar-refractivity contribution is 5.85. The summed E-state index contributed by atoms with van der Waals surface area (Å²) >= 11 is 0. The maximum absolute atomic E-state index is 8.49. The monoisotopic (exact) mass is 191 g/mol. The van der Waals surface area contributed by atoms with Crippen molar-refractivity contribution in [2.75, 3.05) is 6.61 Å². The average molecular weight is 191 g/mol. The second-order valence-corrected chi connectivity index (χ2v) is 2.83. The topological polar surface area (TPSA) is 41.8 Å². The Bertz CT molecular complexity index is 345. The minimum Gasteiger partial charge on any atom is -0.489 e. The van der Waals surface area contributed by atoms with Gasteiger partial charge in [0.25, 0.3) is 0 Å². The van der Waals surface area contributed by atoms with E-state index in [1.165, 1.54) is 6.21 Å². The van der Waals surface area contributed by atoms with Crippen LogP contribution in [0, 0.1) is 6.92 Å². The van der Waals surface area contributed by atoms with Crippen molar-refractivity contribution in [2.24, 2.45) is 5.16 Å². The van der Waals surface area contributed by atoms with Crippen LogP contribution in [-0.2, 0) is 0 Å². The van der Waals surface area contributed by atoms with Crippen molar-refractivity contribution >= 4 is 6.21 Å². The molecule has 0 saturated carbocycles. The molecule has 3 nitrogen and oxygen atoms in total. The highest BCUT2D eigenvalue weighted by Gasteiger charge is 2.03. The van der Waals surface area contributed by atoms with Crippen LogP contribution in [0.4, 0.5) is 0 Å². The highest BCUT2D eigenvalue weighted by atomic mass is 16.5. The first kappa shape index (κ1) is 10.3. The van der Waals surface area contributed by atoms with Crippen molar-refractivity contribution in [3.8, 4) is 5.75 Å².